The van der Waals surface area contributed by atoms with Gasteiger partial charge in [0.15, 0.2) is 0 Å². The first-order valence-electron chi connectivity index (χ1n) is 9.94. The maximum atomic E-state index is 13.0. The highest BCUT2D eigenvalue weighted by Gasteiger charge is 2.30. The summed E-state index contributed by atoms with van der Waals surface area (Å²) in [7, 11) is 0. The molecule has 0 fully saturated rings. The van der Waals surface area contributed by atoms with Crippen LogP contribution in [-0.4, -0.2) is 24.3 Å². The van der Waals surface area contributed by atoms with Crippen molar-refractivity contribution < 1.29 is 17.7 Å². The van der Waals surface area contributed by atoms with E-state index in [0.29, 0.717) is 11.2 Å². The molecule has 3 heterocycles. The van der Waals surface area contributed by atoms with E-state index in [1.807, 2.05) is 31.2 Å². The van der Waals surface area contributed by atoms with Crippen LogP contribution in [0, 0.1) is 6.92 Å². The van der Waals surface area contributed by atoms with Crippen LogP contribution in [0.2, 0.25) is 0 Å². The fourth-order valence-corrected chi connectivity index (χ4v) is 3.56. The van der Waals surface area contributed by atoms with Crippen molar-refractivity contribution in [3.8, 4) is 22.6 Å². The molecule has 0 N–H and O–H groups in total. The molecule has 0 aliphatic rings. The summed E-state index contributed by atoms with van der Waals surface area (Å²) in [5, 5.41) is 8.25. The zero-order chi connectivity index (χ0) is 23.2. The third kappa shape index (κ3) is 3.91. The van der Waals surface area contributed by atoms with Crippen LogP contribution in [0.4, 0.5) is 13.2 Å². The monoisotopic (exact) mass is 451 g/mol. The first-order valence-corrected chi connectivity index (χ1v) is 9.94. The fraction of sp³-hybridized carbons (Fsp3) is 0.130. The van der Waals surface area contributed by atoms with E-state index in [-0.39, 0.29) is 29.4 Å². The number of aromatic nitrogens is 5. The summed E-state index contributed by atoms with van der Waals surface area (Å²) in [6.45, 7) is 1.93. The van der Waals surface area contributed by atoms with E-state index in [0.717, 1.165) is 23.3 Å². The summed E-state index contributed by atoms with van der Waals surface area (Å²) in [5.41, 5.74) is 2.05. The number of hydrogen-bond donors (Lipinski definition) is 0. The molecule has 0 bridgehead atoms. The molecule has 0 aliphatic heterocycles. The predicted molar refractivity (Wildman–Crippen MR) is 113 cm³/mol. The third-order valence-electron chi connectivity index (χ3n) is 5.25. The van der Waals surface area contributed by atoms with Gasteiger partial charge in [0.25, 0.3) is 5.56 Å². The van der Waals surface area contributed by atoms with E-state index in [9.17, 15) is 18.0 Å². The van der Waals surface area contributed by atoms with E-state index in [1.54, 1.807) is 12.3 Å². The zero-order valence-corrected chi connectivity index (χ0v) is 17.2. The Balaban J connectivity index is 1.45. The van der Waals surface area contributed by atoms with Gasteiger partial charge in [-0.15, -0.1) is 0 Å². The number of fused-ring (bicyclic) bond motifs is 1. The topological polar surface area (TPSA) is 78.2 Å². The maximum Gasteiger partial charge on any atom is 0.416 e. The smallest absolute Gasteiger partial charge is 0.337 e. The summed E-state index contributed by atoms with van der Waals surface area (Å²) in [5.74, 6) is 0.101. The van der Waals surface area contributed by atoms with Gasteiger partial charge in [0.05, 0.1) is 11.3 Å². The molecule has 2 aromatic carbocycles. The molecule has 33 heavy (non-hydrogen) atoms. The molecule has 0 saturated carbocycles. The lowest BCUT2D eigenvalue weighted by molar-refractivity contribution is -0.137. The molecule has 0 atom stereocenters. The van der Waals surface area contributed by atoms with Gasteiger partial charge in [0.1, 0.15) is 12.1 Å². The molecule has 10 heteroatoms. The normalized spacial score (nSPS) is 11.9. The van der Waals surface area contributed by atoms with Gasteiger partial charge >= 0.3 is 6.18 Å². The van der Waals surface area contributed by atoms with Crippen LogP contribution in [-0.2, 0) is 12.7 Å². The highest BCUT2D eigenvalue weighted by Crippen LogP contribution is 2.31. The van der Waals surface area contributed by atoms with Crippen LogP contribution in [0.5, 0.6) is 0 Å². The highest BCUT2D eigenvalue weighted by atomic mass is 19.4. The molecular weight excluding hydrogens is 435 g/mol. The molecule has 5 rings (SSSR count). The van der Waals surface area contributed by atoms with Gasteiger partial charge in [-0.2, -0.15) is 23.3 Å². The van der Waals surface area contributed by atoms with E-state index in [4.69, 9.17) is 4.52 Å². The van der Waals surface area contributed by atoms with Crippen molar-refractivity contribution in [1.82, 2.24) is 24.3 Å². The first-order chi connectivity index (χ1) is 15.8. The van der Waals surface area contributed by atoms with Crippen LogP contribution < -0.4 is 5.56 Å². The largest absolute Gasteiger partial charge is 0.416 e. The second kappa shape index (κ2) is 7.73. The van der Waals surface area contributed by atoms with Gasteiger partial charge in [-0.25, -0.2) is 4.52 Å². The van der Waals surface area contributed by atoms with Crippen LogP contribution in [0.1, 0.15) is 17.0 Å². The Bertz CT molecular complexity index is 1530. The van der Waals surface area contributed by atoms with Gasteiger partial charge in [0.2, 0.25) is 11.7 Å². The van der Waals surface area contributed by atoms with E-state index < -0.39 is 11.7 Å². The number of halogens is 3. The Morgan fingerprint density at radius 3 is 2.64 bits per heavy atom. The number of benzene rings is 2. The summed E-state index contributed by atoms with van der Waals surface area (Å²) < 4.78 is 47.0. The average molecular weight is 451 g/mol. The number of hydrogen-bond acceptors (Lipinski definition) is 5. The molecule has 7 nitrogen and oxygen atoms in total. The van der Waals surface area contributed by atoms with Crippen molar-refractivity contribution in [3.05, 3.63) is 94.4 Å². The van der Waals surface area contributed by atoms with Crippen molar-refractivity contribution in [3.63, 3.8) is 0 Å². The van der Waals surface area contributed by atoms with Crippen LogP contribution >= 0.6 is 0 Å². The fourth-order valence-electron chi connectivity index (χ4n) is 3.56. The van der Waals surface area contributed by atoms with Gasteiger partial charge < -0.3 is 9.09 Å². The number of aryl methyl sites for hydroxylation is 1. The Hall–Kier alpha value is -4.21. The van der Waals surface area contributed by atoms with Gasteiger partial charge in [0, 0.05) is 23.5 Å². The van der Waals surface area contributed by atoms with Crippen LogP contribution in [0.3, 0.4) is 0 Å². The zero-order valence-electron chi connectivity index (χ0n) is 17.2. The van der Waals surface area contributed by atoms with Crippen molar-refractivity contribution in [2.45, 2.75) is 19.6 Å². The van der Waals surface area contributed by atoms with E-state index >= 15 is 0 Å². The summed E-state index contributed by atoms with van der Waals surface area (Å²) >= 11 is 0. The Labute approximate surface area is 184 Å². The van der Waals surface area contributed by atoms with E-state index in [1.165, 1.54) is 27.4 Å². The first kappa shape index (κ1) is 20.7. The minimum atomic E-state index is -4.48. The molecule has 3 aromatic heterocycles. The predicted octanol–water partition coefficient (Wildman–Crippen LogP) is 4.59. The van der Waals surface area contributed by atoms with Crippen molar-refractivity contribution in [2.75, 3.05) is 0 Å². The minimum Gasteiger partial charge on any atom is -0.337 e. The van der Waals surface area contributed by atoms with Crippen LogP contribution in [0.25, 0.3) is 28.2 Å². The van der Waals surface area contributed by atoms with Crippen molar-refractivity contribution >= 4 is 5.52 Å². The number of rotatable bonds is 4. The Kier molecular flexibility index (Phi) is 4.85. The minimum absolute atomic E-state index is 0.0106. The van der Waals surface area contributed by atoms with Crippen molar-refractivity contribution in [2.24, 2.45) is 0 Å². The molecule has 0 radical (unpaired) electrons. The SMILES string of the molecule is Cc1ccccc1-c1cc2c(=O)n(Cc3nc(-c4cccc(C(F)(F)F)c4)no3)ccn2n1. The Morgan fingerprint density at radius 1 is 1.03 bits per heavy atom. The molecule has 0 unspecified atom stereocenters. The van der Waals surface area contributed by atoms with Crippen LogP contribution in [0.15, 0.2) is 76.3 Å². The van der Waals surface area contributed by atoms with Crippen molar-refractivity contribution in [1.29, 1.82) is 0 Å². The molecule has 5 aromatic rings. The molecular formula is C23H16F3N5O2. The van der Waals surface area contributed by atoms with Gasteiger partial charge in [-0.1, -0.05) is 41.6 Å². The summed E-state index contributed by atoms with van der Waals surface area (Å²) in [6, 6.07) is 14.1. The molecule has 0 amide bonds. The lowest BCUT2D eigenvalue weighted by atomic mass is 10.1. The lowest BCUT2D eigenvalue weighted by Crippen LogP contribution is -2.21. The average Bonchev–Trinajstić information content (AvgIpc) is 3.43. The molecule has 0 aliphatic carbocycles. The number of nitrogens with zero attached hydrogens (tertiary/aromatic N) is 5. The summed E-state index contributed by atoms with van der Waals surface area (Å²) in [4.78, 5) is 17.1. The quantitative estimate of drug-likeness (QED) is 0.400. The second-order valence-electron chi connectivity index (χ2n) is 7.50. The highest BCUT2D eigenvalue weighted by molar-refractivity contribution is 5.68. The van der Waals surface area contributed by atoms with Gasteiger partial charge in [-0.05, 0) is 30.7 Å². The van der Waals surface area contributed by atoms with Gasteiger partial charge in [-0.3, -0.25) is 4.79 Å². The standard InChI is InChI=1S/C23H16F3N5O2/c1-14-5-2-3-8-17(14)18-12-19-22(32)30(9-10-31(19)28-18)13-20-27-21(29-33-20)15-6-4-7-16(11-15)23(24,25)26/h2-12H,13H2,1H3. The lowest BCUT2D eigenvalue weighted by Gasteiger charge is -2.06. The van der Waals surface area contributed by atoms with E-state index in [2.05, 4.69) is 15.2 Å². The Morgan fingerprint density at radius 2 is 1.85 bits per heavy atom. The summed E-state index contributed by atoms with van der Waals surface area (Å²) in [6.07, 6.45) is -1.30. The molecule has 166 valence electrons. The molecule has 0 spiro atoms. The maximum absolute atomic E-state index is 13.0. The molecule has 0 saturated heterocycles. The number of alkyl halides is 3. The second-order valence-corrected chi connectivity index (χ2v) is 7.50. The third-order valence-corrected chi connectivity index (χ3v) is 5.25.